The monoisotopic (exact) mass is 540 g/mol. The highest BCUT2D eigenvalue weighted by molar-refractivity contribution is 6.05. The Labute approximate surface area is 229 Å². The molecule has 0 radical (unpaired) electrons. The van der Waals surface area contributed by atoms with Crippen molar-refractivity contribution in [1.82, 2.24) is 15.6 Å². The van der Waals surface area contributed by atoms with Crippen LogP contribution in [0.5, 0.6) is 0 Å². The Hall–Kier alpha value is -4.92. The molecular formula is C31H26F2N4O3. The van der Waals surface area contributed by atoms with Gasteiger partial charge in [-0.1, -0.05) is 36.4 Å². The van der Waals surface area contributed by atoms with E-state index in [9.17, 15) is 23.2 Å². The van der Waals surface area contributed by atoms with Gasteiger partial charge in [-0.2, -0.15) is 0 Å². The maximum absolute atomic E-state index is 14.1. The van der Waals surface area contributed by atoms with E-state index >= 15 is 0 Å². The predicted molar refractivity (Wildman–Crippen MR) is 146 cm³/mol. The number of nitrogens with one attached hydrogen (secondary N) is 3. The highest BCUT2D eigenvalue weighted by Gasteiger charge is 2.33. The lowest BCUT2D eigenvalue weighted by atomic mass is 9.93. The molecule has 0 saturated heterocycles. The van der Waals surface area contributed by atoms with E-state index in [4.69, 9.17) is 0 Å². The maximum atomic E-state index is 14.1. The molecule has 5 rings (SSSR count). The van der Waals surface area contributed by atoms with Gasteiger partial charge in [0.15, 0.2) is 0 Å². The zero-order valence-corrected chi connectivity index (χ0v) is 21.6. The first-order chi connectivity index (χ1) is 19.3. The first kappa shape index (κ1) is 26.7. The Balaban J connectivity index is 1.50. The second-order valence-electron chi connectivity index (χ2n) is 9.53. The van der Waals surface area contributed by atoms with E-state index in [2.05, 4.69) is 20.9 Å². The van der Waals surface area contributed by atoms with Crippen LogP contribution in [-0.4, -0.2) is 29.8 Å². The van der Waals surface area contributed by atoms with Crippen LogP contribution in [0.2, 0.25) is 0 Å². The normalized spacial score (nSPS) is 14.7. The third kappa shape index (κ3) is 5.73. The van der Waals surface area contributed by atoms with Crippen molar-refractivity contribution in [3.05, 3.63) is 119 Å². The molecule has 1 aliphatic heterocycles. The molecule has 0 bridgehead atoms. The van der Waals surface area contributed by atoms with E-state index in [1.165, 1.54) is 19.2 Å². The predicted octanol–water partition coefficient (Wildman–Crippen LogP) is 4.91. The summed E-state index contributed by atoms with van der Waals surface area (Å²) in [5, 5.41) is 8.34. The SMILES string of the molecule is CNC(=O)c1cccc(-c2cccnc2[C@H](Cc2cc(F)cc(F)c2)NC(=O)C[C@@H]2C(=O)Nc3ccccc32)c1. The van der Waals surface area contributed by atoms with Gasteiger partial charge in [0.1, 0.15) is 11.6 Å². The first-order valence-electron chi connectivity index (χ1n) is 12.7. The molecule has 2 heterocycles. The van der Waals surface area contributed by atoms with Crippen molar-refractivity contribution in [1.29, 1.82) is 0 Å². The maximum Gasteiger partial charge on any atom is 0.251 e. The van der Waals surface area contributed by atoms with E-state index < -0.39 is 29.5 Å². The molecule has 0 saturated carbocycles. The zero-order valence-electron chi connectivity index (χ0n) is 21.6. The van der Waals surface area contributed by atoms with Gasteiger partial charge in [-0.15, -0.1) is 0 Å². The highest BCUT2D eigenvalue weighted by Crippen LogP contribution is 2.35. The topological polar surface area (TPSA) is 100 Å². The van der Waals surface area contributed by atoms with E-state index in [1.807, 2.05) is 6.07 Å². The Morgan fingerprint density at radius 2 is 1.75 bits per heavy atom. The number of nitrogens with zero attached hydrogens (tertiary/aromatic N) is 1. The number of rotatable bonds is 8. The van der Waals surface area contributed by atoms with E-state index in [1.54, 1.807) is 60.8 Å². The second kappa shape index (κ2) is 11.4. The van der Waals surface area contributed by atoms with E-state index in [0.717, 1.165) is 11.6 Å². The van der Waals surface area contributed by atoms with Gasteiger partial charge in [0.25, 0.3) is 5.91 Å². The molecule has 0 aliphatic carbocycles. The molecule has 202 valence electrons. The van der Waals surface area contributed by atoms with E-state index in [-0.39, 0.29) is 24.7 Å². The number of fused-ring (bicyclic) bond motifs is 1. The van der Waals surface area contributed by atoms with Crippen molar-refractivity contribution in [2.24, 2.45) is 0 Å². The minimum Gasteiger partial charge on any atom is -0.355 e. The largest absolute Gasteiger partial charge is 0.355 e. The third-order valence-corrected chi connectivity index (χ3v) is 6.83. The summed E-state index contributed by atoms with van der Waals surface area (Å²) in [7, 11) is 1.54. The summed E-state index contributed by atoms with van der Waals surface area (Å²) in [6.07, 6.45) is 1.48. The number of halogens is 2. The quantitative estimate of drug-likeness (QED) is 0.296. The second-order valence-corrected chi connectivity index (χ2v) is 9.53. The Morgan fingerprint density at radius 1 is 0.975 bits per heavy atom. The van der Waals surface area contributed by atoms with Crippen molar-refractivity contribution in [3.63, 3.8) is 0 Å². The molecule has 1 aliphatic rings. The summed E-state index contributed by atoms with van der Waals surface area (Å²) >= 11 is 0. The lowest BCUT2D eigenvalue weighted by Gasteiger charge is -2.22. The van der Waals surface area contributed by atoms with Gasteiger partial charge in [-0.25, -0.2) is 8.78 Å². The van der Waals surface area contributed by atoms with Crippen LogP contribution >= 0.6 is 0 Å². The number of amides is 3. The standard InChI is InChI=1S/C31H26F2N4O3/c1-34-30(39)20-7-4-6-19(15-20)23-9-5-11-35-29(23)27(14-18-12-21(32)16-22(33)13-18)36-28(38)17-25-24-8-2-3-10-26(24)37-31(25)40/h2-13,15-16,25,27H,14,17H2,1H3,(H,34,39)(H,36,38)(H,37,40)/t25-,27-/m0/s1. The van der Waals surface area contributed by atoms with Crippen molar-refractivity contribution in [3.8, 4) is 11.1 Å². The van der Waals surface area contributed by atoms with Crippen LogP contribution in [0.3, 0.4) is 0 Å². The average molecular weight is 541 g/mol. The molecule has 3 aromatic carbocycles. The number of para-hydroxylation sites is 1. The lowest BCUT2D eigenvalue weighted by Crippen LogP contribution is -2.33. The number of hydrogen-bond acceptors (Lipinski definition) is 4. The van der Waals surface area contributed by atoms with Crippen LogP contribution in [-0.2, 0) is 16.0 Å². The molecule has 3 amide bonds. The van der Waals surface area contributed by atoms with Gasteiger partial charge < -0.3 is 16.0 Å². The third-order valence-electron chi connectivity index (χ3n) is 6.83. The van der Waals surface area contributed by atoms with Gasteiger partial charge in [0, 0.05) is 42.5 Å². The van der Waals surface area contributed by atoms with Crippen LogP contribution in [0, 0.1) is 11.6 Å². The number of carbonyl (C=O) groups excluding carboxylic acids is 3. The molecule has 0 fully saturated rings. The molecule has 7 nitrogen and oxygen atoms in total. The molecule has 3 N–H and O–H groups in total. The smallest absolute Gasteiger partial charge is 0.251 e. The summed E-state index contributed by atoms with van der Waals surface area (Å²) in [5.74, 6) is -3.10. The number of hydrogen-bond donors (Lipinski definition) is 3. The van der Waals surface area contributed by atoms with Crippen molar-refractivity contribution in [2.45, 2.75) is 24.8 Å². The number of benzene rings is 3. The summed E-state index contributed by atoms with van der Waals surface area (Å²) in [4.78, 5) is 42.8. The number of pyridine rings is 1. The fourth-order valence-corrected chi connectivity index (χ4v) is 5.01. The molecule has 0 spiro atoms. The van der Waals surface area contributed by atoms with Crippen LogP contribution in [0.4, 0.5) is 14.5 Å². The average Bonchev–Trinajstić information content (AvgIpc) is 3.26. The lowest BCUT2D eigenvalue weighted by molar-refractivity contribution is -0.125. The fourth-order valence-electron chi connectivity index (χ4n) is 5.01. The molecule has 1 aromatic heterocycles. The van der Waals surface area contributed by atoms with Crippen molar-refractivity contribution < 1.29 is 23.2 Å². The first-order valence-corrected chi connectivity index (χ1v) is 12.7. The van der Waals surface area contributed by atoms with Crippen LogP contribution in [0.25, 0.3) is 11.1 Å². The van der Waals surface area contributed by atoms with Crippen LogP contribution < -0.4 is 16.0 Å². The minimum atomic E-state index is -0.798. The van der Waals surface area contributed by atoms with E-state index in [0.29, 0.717) is 33.6 Å². The molecule has 4 aromatic rings. The molecule has 9 heteroatoms. The van der Waals surface area contributed by atoms with Crippen LogP contribution in [0.15, 0.2) is 85.1 Å². The summed E-state index contributed by atoms with van der Waals surface area (Å²) in [5.41, 5.74) is 3.93. The van der Waals surface area contributed by atoms with Crippen molar-refractivity contribution in [2.75, 3.05) is 12.4 Å². The Bertz CT molecular complexity index is 1590. The number of carbonyl (C=O) groups is 3. The number of anilines is 1. The Kier molecular flexibility index (Phi) is 7.63. The van der Waals surface area contributed by atoms with Crippen molar-refractivity contribution >= 4 is 23.4 Å². The highest BCUT2D eigenvalue weighted by atomic mass is 19.1. The fraction of sp³-hybridized carbons (Fsp3) is 0.161. The number of aromatic nitrogens is 1. The molecular weight excluding hydrogens is 514 g/mol. The van der Waals surface area contributed by atoms with Gasteiger partial charge >= 0.3 is 0 Å². The van der Waals surface area contributed by atoms with Gasteiger partial charge in [-0.05, 0) is 59.5 Å². The van der Waals surface area contributed by atoms with Crippen LogP contribution in [0.1, 0.15) is 45.6 Å². The summed E-state index contributed by atoms with van der Waals surface area (Å²) < 4.78 is 28.1. The summed E-state index contributed by atoms with van der Waals surface area (Å²) in [6.45, 7) is 0. The molecule has 0 unspecified atom stereocenters. The minimum absolute atomic E-state index is 0.0347. The van der Waals surface area contributed by atoms with Gasteiger partial charge in [-0.3, -0.25) is 19.4 Å². The zero-order chi connectivity index (χ0) is 28.2. The molecule has 40 heavy (non-hydrogen) atoms. The van der Waals surface area contributed by atoms with Gasteiger partial charge in [0.2, 0.25) is 11.8 Å². The molecule has 2 atom stereocenters. The van der Waals surface area contributed by atoms with Gasteiger partial charge in [0.05, 0.1) is 17.7 Å². The summed E-state index contributed by atoms with van der Waals surface area (Å²) in [6, 6.07) is 20.0. The Morgan fingerprint density at radius 3 is 2.52 bits per heavy atom.